The van der Waals surface area contributed by atoms with Gasteiger partial charge in [-0.1, -0.05) is 42.5 Å². The van der Waals surface area contributed by atoms with Gasteiger partial charge in [-0.3, -0.25) is 4.90 Å². The normalized spacial score (nSPS) is 16.5. The highest BCUT2D eigenvalue weighted by Gasteiger charge is 2.29. The first-order valence-electron chi connectivity index (χ1n) is 9.51. The monoisotopic (exact) mass is 400 g/mol. The molecular formula is C22H28N2O3S. The number of hydrogen-bond acceptors (Lipinski definition) is 4. The van der Waals surface area contributed by atoms with E-state index in [-0.39, 0.29) is 0 Å². The summed E-state index contributed by atoms with van der Waals surface area (Å²) in [6.45, 7) is 6.98. The van der Waals surface area contributed by atoms with Crippen LogP contribution in [0.15, 0.2) is 53.4 Å². The van der Waals surface area contributed by atoms with Gasteiger partial charge in [0.1, 0.15) is 5.75 Å². The van der Waals surface area contributed by atoms with Gasteiger partial charge in [-0.2, -0.15) is 4.31 Å². The third kappa shape index (κ3) is 4.63. The average Bonchev–Trinajstić information content (AvgIpc) is 2.70. The summed E-state index contributed by atoms with van der Waals surface area (Å²) < 4.78 is 33.1. The van der Waals surface area contributed by atoms with E-state index in [1.807, 2.05) is 32.0 Å². The Kier molecular flexibility index (Phi) is 6.54. The Labute approximate surface area is 168 Å². The van der Waals surface area contributed by atoms with Gasteiger partial charge < -0.3 is 4.74 Å². The maximum atomic E-state index is 13.1. The second-order valence-corrected chi connectivity index (χ2v) is 9.01. The SMILES string of the molecule is COc1cc(C)c(S(=O)(=O)N2CCN(C/C=C/c3ccccc3)CC2)cc1C. The van der Waals surface area contributed by atoms with Crippen molar-refractivity contribution in [3.05, 3.63) is 65.2 Å². The van der Waals surface area contributed by atoms with Crippen LogP contribution >= 0.6 is 0 Å². The van der Waals surface area contributed by atoms with Crippen molar-refractivity contribution < 1.29 is 13.2 Å². The number of piperazine rings is 1. The maximum absolute atomic E-state index is 13.1. The van der Waals surface area contributed by atoms with E-state index < -0.39 is 10.0 Å². The highest BCUT2D eigenvalue weighted by Crippen LogP contribution is 2.28. The average molecular weight is 401 g/mol. The molecule has 0 spiro atoms. The van der Waals surface area contributed by atoms with Gasteiger partial charge in [0.2, 0.25) is 10.0 Å². The van der Waals surface area contributed by atoms with Crippen molar-refractivity contribution in [1.82, 2.24) is 9.21 Å². The van der Waals surface area contributed by atoms with Crippen LogP contribution in [-0.2, 0) is 10.0 Å². The van der Waals surface area contributed by atoms with Crippen LogP contribution in [0.3, 0.4) is 0 Å². The summed E-state index contributed by atoms with van der Waals surface area (Å²) in [5.41, 5.74) is 2.72. The Balaban J connectivity index is 1.62. The molecule has 1 fully saturated rings. The van der Waals surface area contributed by atoms with Gasteiger partial charge in [-0.05, 0) is 42.7 Å². The Morgan fingerprint density at radius 3 is 2.32 bits per heavy atom. The number of benzene rings is 2. The molecule has 0 amide bonds. The predicted molar refractivity (Wildman–Crippen MR) is 113 cm³/mol. The zero-order valence-electron chi connectivity index (χ0n) is 16.8. The summed E-state index contributed by atoms with van der Waals surface area (Å²) in [4.78, 5) is 2.65. The second-order valence-electron chi connectivity index (χ2n) is 7.11. The molecule has 0 radical (unpaired) electrons. The molecule has 2 aromatic carbocycles. The van der Waals surface area contributed by atoms with Crippen molar-refractivity contribution in [2.24, 2.45) is 0 Å². The second kappa shape index (κ2) is 8.90. The smallest absolute Gasteiger partial charge is 0.243 e. The minimum Gasteiger partial charge on any atom is -0.496 e. The van der Waals surface area contributed by atoms with Crippen molar-refractivity contribution >= 4 is 16.1 Å². The van der Waals surface area contributed by atoms with Gasteiger partial charge >= 0.3 is 0 Å². The number of methoxy groups -OCH3 is 1. The summed E-state index contributed by atoms with van der Waals surface area (Å²) in [6, 6.07) is 13.7. The van der Waals surface area contributed by atoms with Crippen LogP contribution < -0.4 is 4.74 Å². The molecular weight excluding hydrogens is 372 g/mol. The summed E-state index contributed by atoms with van der Waals surface area (Å²) in [5, 5.41) is 0. The number of nitrogens with zero attached hydrogens (tertiary/aromatic N) is 2. The van der Waals surface area contributed by atoms with Crippen LogP contribution in [0.2, 0.25) is 0 Å². The summed E-state index contributed by atoms with van der Waals surface area (Å²) in [5.74, 6) is 0.714. The first-order chi connectivity index (χ1) is 13.4. The number of ether oxygens (including phenoxy) is 1. The molecule has 0 unspecified atom stereocenters. The Bertz CT molecular complexity index is 932. The number of hydrogen-bond donors (Lipinski definition) is 0. The lowest BCUT2D eigenvalue weighted by Crippen LogP contribution is -2.48. The standard InChI is InChI=1S/C22H28N2O3S/c1-18-17-22(19(2)16-21(18)27-3)28(25,26)24-14-12-23(13-15-24)11-7-10-20-8-5-4-6-9-20/h4-10,16-17H,11-15H2,1-3H3/b10-7+. The fourth-order valence-corrected chi connectivity index (χ4v) is 5.17. The van der Waals surface area contributed by atoms with Gasteiger partial charge in [-0.25, -0.2) is 8.42 Å². The van der Waals surface area contributed by atoms with Crippen LogP contribution in [0.1, 0.15) is 16.7 Å². The van der Waals surface area contributed by atoms with Crippen LogP contribution in [0.5, 0.6) is 5.75 Å². The Morgan fingerprint density at radius 2 is 1.68 bits per heavy atom. The van der Waals surface area contributed by atoms with Crippen molar-refractivity contribution in [2.75, 3.05) is 39.8 Å². The molecule has 0 atom stereocenters. The molecule has 5 nitrogen and oxygen atoms in total. The van der Waals surface area contributed by atoms with Crippen molar-refractivity contribution in [2.45, 2.75) is 18.7 Å². The first-order valence-corrected chi connectivity index (χ1v) is 10.9. The molecule has 6 heteroatoms. The van der Waals surface area contributed by atoms with Crippen LogP contribution in [0.4, 0.5) is 0 Å². The van der Waals surface area contributed by atoms with Gasteiger partial charge in [0, 0.05) is 32.7 Å². The lowest BCUT2D eigenvalue weighted by Gasteiger charge is -2.33. The molecule has 1 aliphatic heterocycles. The third-order valence-electron chi connectivity index (χ3n) is 5.11. The topological polar surface area (TPSA) is 49.9 Å². The first kappa shape index (κ1) is 20.6. The van der Waals surface area contributed by atoms with Crippen LogP contribution in [0.25, 0.3) is 6.08 Å². The van der Waals surface area contributed by atoms with Gasteiger partial charge in [-0.15, -0.1) is 0 Å². The Hall–Kier alpha value is -2.15. The zero-order chi connectivity index (χ0) is 20.1. The lowest BCUT2D eigenvalue weighted by atomic mass is 10.1. The van der Waals surface area contributed by atoms with Gasteiger partial charge in [0.05, 0.1) is 12.0 Å². The zero-order valence-corrected chi connectivity index (χ0v) is 17.6. The molecule has 0 aliphatic carbocycles. The number of aryl methyl sites for hydroxylation is 2. The summed E-state index contributed by atoms with van der Waals surface area (Å²) in [6.07, 6.45) is 4.24. The molecule has 150 valence electrons. The van der Waals surface area contributed by atoms with E-state index in [0.717, 1.165) is 30.8 Å². The minimum atomic E-state index is -3.49. The molecule has 2 aromatic rings. The lowest BCUT2D eigenvalue weighted by molar-refractivity contribution is 0.204. The Morgan fingerprint density at radius 1 is 1.00 bits per heavy atom. The van der Waals surface area contributed by atoms with E-state index in [2.05, 4.69) is 29.2 Å². The highest BCUT2D eigenvalue weighted by molar-refractivity contribution is 7.89. The van der Waals surface area contributed by atoms with E-state index >= 15 is 0 Å². The van der Waals surface area contributed by atoms with Crippen LogP contribution in [0, 0.1) is 13.8 Å². The van der Waals surface area contributed by atoms with Crippen molar-refractivity contribution in [3.63, 3.8) is 0 Å². The predicted octanol–water partition coefficient (Wildman–Crippen LogP) is 3.33. The fourth-order valence-electron chi connectivity index (χ4n) is 3.45. The molecule has 1 aliphatic rings. The third-order valence-corrected chi connectivity index (χ3v) is 7.16. The molecule has 0 aromatic heterocycles. The summed E-state index contributed by atoms with van der Waals surface area (Å²) in [7, 11) is -1.90. The molecule has 0 N–H and O–H groups in total. The van der Waals surface area contributed by atoms with Gasteiger partial charge in [0.25, 0.3) is 0 Å². The molecule has 28 heavy (non-hydrogen) atoms. The largest absolute Gasteiger partial charge is 0.496 e. The van der Waals surface area contributed by atoms with Gasteiger partial charge in [0.15, 0.2) is 0 Å². The van der Waals surface area contributed by atoms with E-state index in [1.165, 1.54) is 5.56 Å². The molecule has 0 bridgehead atoms. The quantitative estimate of drug-likeness (QED) is 0.746. The van der Waals surface area contributed by atoms with E-state index in [4.69, 9.17) is 4.74 Å². The van der Waals surface area contributed by atoms with E-state index in [0.29, 0.717) is 23.7 Å². The van der Waals surface area contributed by atoms with E-state index in [1.54, 1.807) is 23.5 Å². The molecule has 3 rings (SSSR count). The highest BCUT2D eigenvalue weighted by atomic mass is 32.2. The number of rotatable bonds is 6. The molecule has 0 saturated carbocycles. The molecule has 1 heterocycles. The molecule has 1 saturated heterocycles. The van der Waals surface area contributed by atoms with Crippen molar-refractivity contribution in [1.29, 1.82) is 0 Å². The maximum Gasteiger partial charge on any atom is 0.243 e. The van der Waals surface area contributed by atoms with Crippen molar-refractivity contribution in [3.8, 4) is 5.75 Å². The summed E-state index contributed by atoms with van der Waals surface area (Å²) >= 11 is 0. The van der Waals surface area contributed by atoms with E-state index in [9.17, 15) is 8.42 Å². The fraction of sp³-hybridized carbons (Fsp3) is 0.364. The minimum absolute atomic E-state index is 0.378. The number of sulfonamides is 1. The van der Waals surface area contributed by atoms with Crippen LogP contribution in [-0.4, -0.2) is 57.5 Å².